The summed E-state index contributed by atoms with van der Waals surface area (Å²) in [6.07, 6.45) is 2.65. The second kappa shape index (κ2) is 5.52. The highest BCUT2D eigenvalue weighted by Gasteiger charge is 2.29. The molecule has 2 atom stereocenters. The number of ether oxygens (including phenoxy) is 1. The zero-order valence-corrected chi connectivity index (χ0v) is 10.7. The quantitative estimate of drug-likeness (QED) is 0.905. The minimum atomic E-state index is -0.0438. The smallest absolute Gasteiger partial charge is 0.115 e. The number of rotatable bonds is 2. The van der Waals surface area contributed by atoms with Crippen molar-refractivity contribution in [1.82, 2.24) is 9.78 Å². The van der Waals surface area contributed by atoms with Crippen molar-refractivity contribution in [1.29, 1.82) is 0 Å². The molecule has 1 aliphatic heterocycles. The average Bonchev–Trinajstić information content (AvgIpc) is 2.98. The van der Waals surface area contributed by atoms with E-state index >= 15 is 0 Å². The first-order valence-corrected chi connectivity index (χ1v) is 5.83. The molecule has 0 spiro atoms. The summed E-state index contributed by atoms with van der Waals surface area (Å²) in [6, 6.07) is 12.1. The van der Waals surface area contributed by atoms with Gasteiger partial charge in [-0.15, -0.1) is 12.4 Å². The molecule has 2 N–H and O–H groups in total. The Labute approximate surface area is 112 Å². The Bertz CT molecular complexity index is 500. The van der Waals surface area contributed by atoms with Crippen molar-refractivity contribution in [3.8, 4) is 5.69 Å². The van der Waals surface area contributed by atoms with Gasteiger partial charge in [0.15, 0.2) is 0 Å². The third kappa shape index (κ3) is 2.27. The number of benzene rings is 1. The van der Waals surface area contributed by atoms with Crippen molar-refractivity contribution in [2.24, 2.45) is 5.73 Å². The molecule has 1 saturated heterocycles. The van der Waals surface area contributed by atoms with Crippen molar-refractivity contribution in [3.63, 3.8) is 0 Å². The monoisotopic (exact) mass is 265 g/mol. The summed E-state index contributed by atoms with van der Waals surface area (Å²) in [5, 5.41) is 4.35. The van der Waals surface area contributed by atoms with E-state index in [9.17, 15) is 0 Å². The number of aromatic nitrogens is 2. The first-order valence-electron chi connectivity index (χ1n) is 5.83. The summed E-state index contributed by atoms with van der Waals surface area (Å²) in [6.45, 7) is 0.728. The molecule has 1 fully saturated rings. The summed E-state index contributed by atoms with van der Waals surface area (Å²) >= 11 is 0. The minimum Gasteiger partial charge on any atom is -0.370 e. The molecule has 4 nitrogen and oxygen atoms in total. The van der Waals surface area contributed by atoms with Crippen molar-refractivity contribution in [3.05, 3.63) is 48.3 Å². The summed E-state index contributed by atoms with van der Waals surface area (Å²) < 4.78 is 7.58. The van der Waals surface area contributed by atoms with Crippen molar-refractivity contribution in [2.45, 2.75) is 18.6 Å². The zero-order chi connectivity index (χ0) is 11.7. The van der Waals surface area contributed by atoms with Crippen LogP contribution in [0, 0.1) is 0 Å². The molecule has 18 heavy (non-hydrogen) atoms. The van der Waals surface area contributed by atoms with Crippen LogP contribution in [0.15, 0.2) is 42.6 Å². The maximum Gasteiger partial charge on any atom is 0.115 e. The van der Waals surface area contributed by atoms with E-state index in [0.29, 0.717) is 0 Å². The fourth-order valence-corrected chi connectivity index (χ4v) is 2.22. The van der Waals surface area contributed by atoms with Crippen LogP contribution in [0.25, 0.3) is 5.69 Å². The molecule has 0 bridgehead atoms. The van der Waals surface area contributed by atoms with E-state index < -0.39 is 0 Å². The van der Waals surface area contributed by atoms with Crippen LogP contribution in [0.2, 0.25) is 0 Å². The van der Waals surface area contributed by atoms with Gasteiger partial charge in [0, 0.05) is 18.8 Å². The van der Waals surface area contributed by atoms with Crippen LogP contribution < -0.4 is 5.73 Å². The Hall–Kier alpha value is -1.36. The van der Waals surface area contributed by atoms with E-state index in [1.165, 1.54) is 0 Å². The van der Waals surface area contributed by atoms with Crippen LogP contribution in [-0.4, -0.2) is 22.4 Å². The van der Waals surface area contributed by atoms with Gasteiger partial charge in [0.2, 0.25) is 0 Å². The van der Waals surface area contributed by atoms with Gasteiger partial charge in [0.05, 0.1) is 11.4 Å². The number of nitrogens with zero attached hydrogens (tertiary/aromatic N) is 2. The number of nitrogens with two attached hydrogens (primary N) is 1. The highest BCUT2D eigenvalue weighted by Crippen LogP contribution is 2.28. The average molecular weight is 266 g/mol. The number of hydrogen-bond donors (Lipinski definition) is 1. The molecule has 1 aliphatic rings. The van der Waals surface area contributed by atoms with Gasteiger partial charge in [-0.3, -0.25) is 0 Å². The maximum atomic E-state index is 6.05. The second-order valence-corrected chi connectivity index (χ2v) is 4.25. The van der Waals surface area contributed by atoms with Crippen LogP contribution in [-0.2, 0) is 4.74 Å². The fourth-order valence-electron chi connectivity index (χ4n) is 2.22. The predicted molar refractivity (Wildman–Crippen MR) is 72.1 cm³/mol. The lowest BCUT2D eigenvalue weighted by Gasteiger charge is -2.16. The van der Waals surface area contributed by atoms with Gasteiger partial charge < -0.3 is 10.5 Å². The Morgan fingerprint density at radius 2 is 2.00 bits per heavy atom. The van der Waals surface area contributed by atoms with Crippen molar-refractivity contribution in [2.75, 3.05) is 6.61 Å². The van der Waals surface area contributed by atoms with E-state index in [-0.39, 0.29) is 24.6 Å². The first kappa shape index (κ1) is 13.1. The molecule has 1 aromatic carbocycles. The van der Waals surface area contributed by atoms with Crippen LogP contribution in [0.4, 0.5) is 0 Å². The third-order valence-corrected chi connectivity index (χ3v) is 3.10. The van der Waals surface area contributed by atoms with E-state index in [4.69, 9.17) is 10.5 Å². The molecule has 2 aromatic rings. The number of halogens is 1. The topological polar surface area (TPSA) is 53.1 Å². The van der Waals surface area contributed by atoms with Crippen LogP contribution >= 0.6 is 12.4 Å². The summed E-state index contributed by atoms with van der Waals surface area (Å²) in [7, 11) is 0. The Morgan fingerprint density at radius 1 is 1.22 bits per heavy atom. The zero-order valence-electron chi connectivity index (χ0n) is 9.90. The lowest BCUT2D eigenvalue weighted by Crippen LogP contribution is -2.25. The lowest BCUT2D eigenvalue weighted by atomic mass is 10.1. The van der Waals surface area contributed by atoms with E-state index in [1.807, 2.05) is 41.1 Å². The van der Waals surface area contributed by atoms with Crippen LogP contribution in [0.5, 0.6) is 0 Å². The van der Waals surface area contributed by atoms with Gasteiger partial charge in [-0.1, -0.05) is 18.2 Å². The molecular weight excluding hydrogens is 250 g/mol. The van der Waals surface area contributed by atoms with Gasteiger partial charge in [0.1, 0.15) is 6.10 Å². The first-order chi connectivity index (χ1) is 8.36. The molecule has 1 aromatic heterocycles. The van der Waals surface area contributed by atoms with Gasteiger partial charge in [-0.05, 0) is 24.6 Å². The van der Waals surface area contributed by atoms with Gasteiger partial charge in [-0.2, -0.15) is 5.10 Å². The maximum absolute atomic E-state index is 6.05. The molecule has 5 heteroatoms. The second-order valence-electron chi connectivity index (χ2n) is 4.25. The van der Waals surface area contributed by atoms with Crippen LogP contribution in [0.1, 0.15) is 18.2 Å². The highest BCUT2D eigenvalue weighted by molar-refractivity contribution is 5.85. The summed E-state index contributed by atoms with van der Waals surface area (Å²) in [4.78, 5) is 0. The largest absolute Gasteiger partial charge is 0.370 e. The summed E-state index contributed by atoms with van der Waals surface area (Å²) in [5.74, 6) is 0. The standard InChI is InChI=1S/C13H15N3O.ClH/c14-11-7-9-17-13(11)12-6-8-15-16(12)10-4-2-1-3-5-10;/h1-6,8,11,13H,7,9,14H2;1H/t11-,13-;/m1./s1. The molecule has 0 aliphatic carbocycles. The SMILES string of the molecule is Cl.N[C@@H]1CCO[C@H]1c1ccnn1-c1ccccc1. The minimum absolute atomic E-state index is 0. The number of para-hydroxylation sites is 1. The van der Waals surface area contributed by atoms with Crippen LogP contribution in [0.3, 0.4) is 0 Å². The number of hydrogen-bond acceptors (Lipinski definition) is 3. The molecule has 0 amide bonds. The van der Waals surface area contributed by atoms with E-state index in [2.05, 4.69) is 5.10 Å². The van der Waals surface area contributed by atoms with E-state index in [0.717, 1.165) is 24.4 Å². The molecule has 0 radical (unpaired) electrons. The predicted octanol–water partition coefficient (Wildman–Crippen LogP) is 2.08. The Balaban J connectivity index is 0.00000120. The van der Waals surface area contributed by atoms with Gasteiger partial charge in [-0.25, -0.2) is 4.68 Å². The van der Waals surface area contributed by atoms with Crippen molar-refractivity contribution < 1.29 is 4.74 Å². The highest BCUT2D eigenvalue weighted by atomic mass is 35.5. The molecule has 2 heterocycles. The molecule has 3 rings (SSSR count). The molecule has 96 valence electrons. The van der Waals surface area contributed by atoms with Gasteiger partial charge in [0.25, 0.3) is 0 Å². The molecule has 0 saturated carbocycles. The fraction of sp³-hybridized carbons (Fsp3) is 0.308. The lowest BCUT2D eigenvalue weighted by molar-refractivity contribution is 0.0995. The van der Waals surface area contributed by atoms with Gasteiger partial charge >= 0.3 is 0 Å². The normalized spacial score (nSPS) is 22.7. The Kier molecular flexibility index (Phi) is 4.01. The molecular formula is C13H16ClN3O. The molecule has 0 unspecified atom stereocenters. The van der Waals surface area contributed by atoms with E-state index in [1.54, 1.807) is 6.20 Å². The third-order valence-electron chi connectivity index (χ3n) is 3.10. The van der Waals surface area contributed by atoms with Crippen molar-refractivity contribution >= 4 is 12.4 Å². The Morgan fingerprint density at radius 3 is 2.67 bits per heavy atom. The summed E-state index contributed by atoms with van der Waals surface area (Å²) in [5.41, 5.74) is 8.12.